The van der Waals surface area contributed by atoms with Gasteiger partial charge in [-0.15, -0.1) is 0 Å². The molecule has 0 N–H and O–H groups in total. The molecule has 1 aromatic rings. The minimum absolute atomic E-state index is 0.505. The van der Waals surface area contributed by atoms with Crippen LogP contribution >= 0.6 is 0 Å². The van der Waals surface area contributed by atoms with Crippen LogP contribution in [-0.2, 0) is 4.74 Å². The maximum absolute atomic E-state index is 5.54. The molecule has 3 heteroatoms. The van der Waals surface area contributed by atoms with Crippen LogP contribution in [-0.4, -0.2) is 19.2 Å². The number of ether oxygens (including phenoxy) is 2. The van der Waals surface area contributed by atoms with Crippen LogP contribution in [0.1, 0.15) is 0 Å². The Morgan fingerprint density at radius 3 is 2.77 bits per heavy atom. The predicted octanol–water partition coefficient (Wildman–Crippen LogP) is 1.40. The van der Waals surface area contributed by atoms with Gasteiger partial charge in [0.05, 0.1) is 0 Å². The first-order valence-electron chi connectivity index (χ1n) is 4.15. The van der Waals surface area contributed by atoms with E-state index < -0.39 is 0 Å². The fourth-order valence-corrected chi connectivity index (χ4v) is 1.08. The Labute approximate surface area is 77.7 Å². The van der Waals surface area contributed by atoms with Gasteiger partial charge >= 0.3 is 77.0 Å². The van der Waals surface area contributed by atoms with E-state index in [1.807, 2.05) is 43.2 Å². The van der Waals surface area contributed by atoms with Gasteiger partial charge in [0.2, 0.25) is 0 Å². The van der Waals surface area contributed by atoms with Crippen molar-refractivity contribution in [2.24, 2.45) is 0 Å². The number of rotatable bonds is 2. The first-order chi connectivity index (χ1) is 6.45. The molecule has 1 heterocycles. The summed E-state index contributed by atoms with van der Waals surface area (Å²) in [4.78, 5) is 0. The van der Waals surface area contributed by atoms with Gasteiger partial charge in [-0.2, -0.15) is 0 Å². The number of hydrogen-bond donors (Lipinski definition) is 0. The van der Waals surface area contributed by atoms with E-state index in [0.717, 1.165) is 11.4 Å². The quantitative estimate of drug-likeness (QED) is 0.627. The molecule has 13 heavy (non-hydrogen) atoms. The molecule has 0 saturated heterocycles. The zero-order valence-electron chi connectivity index (χ0n) is 7.14. The van der Waals surface area contributed by atoms with Crippen LogP contribution in [0.25, 0.3) is 0 Å². The van der Waals surface area contributed by atoms with E-state index in [1.54, 1.807) is 6.26 Å². The van der Waals surface area contributed by atoms with E-state index in [0.29, 0.717) is 6.61 Å². The standard InChI is InChI=1S/C10H9BO2/c1-2-4-9(5-3-1)13-10-8-12-7-6-11-10/h1-7H,8H2. The van der Waals surface area contributed by atoms with Crippen molar-refractivity contribution in [2.75, 3.05) is 6.61 Å². The average molecular weight is 172 g/mol. The second-order valence-electron chi connectivity index (χ2n) is 2.69. The van der Waals surface area contributed by atoms with Gasteiger partial charge in [-0.05, 0) is 0 Å². The molecule has 0 aliphatic carbocycles. The third-order valence-electron chi connectivity index (χ3n) is 1.67. The predicted molar refractivity (Wildman–Crippen MR) is 52.9 cm³/mol. The van der Waals surface area contributed by atoms with E-state index in [1.165, 1.54) is 0 Å². The Balaban J connectivity index is 2.06. The van der Waals surface area contributed by atoms with Crippen LogP contribution in [0.3, 0.4) is 0 Å². The minimum atomic E-state index is 0.505. The summed E-state index contributed by atoms with van der Waals surface area (Å²) in [5.41, 5.74) is 0.828. The molecule has 1 aliphatic heterocycles. The van der Waals surface area contributed by atoms with Gasteiger partial charge in [0.25, 0.3) is 0 Å². The normalized spacial score (nSPS) is 14.0. The first-order valence-corrected chi connectivity index (χ1v) is 4.15. The van der Waals surface area contributed by atoms with Crippen LogP contribution in [0.2, 0.25) is 0 Å². The Bertz CT molecular complexity index is 330. The molecule has 0 atom stereocenters. The molecule has 1 aliphatic rings. The molecule has 0 bridgehead atoms. The Morgan fingerprint density at radius 2 is 2.08 bits per heavy atom. The number of benzene rings is 1. The SMILES string of the molecule is B1=C(Oc2ccccc2)COC=C1. The van der Waals surface area contributed by atoms with Gasteiger partial charge in [0, 0.05) is 0 Å². The summed E-state index contributed by atoms with van der Waals surface area (Å²) in [5, 5.41) is 0. The molecule has 64 valence electrons. The second kappa shape index (κ2) is 3.94. The maximum atomic E-state index is 5.54. The van der Waals surface area contributed by atoms with E-state index in [-0.39, 0.29) is 0 Å². The van der Waals surface area contributed by atoms with Crippen LogP contribution < -0.4 is 4.74 Å². The van der Waals surface area contributed by atoms with Gasteiger partial charge < -0.3 is 0 Å². The molecule has 0 spiro atoms. The fourth-order valence-electron chi connectivity index (χ4n) is 1.08. The van der Waals surface area contributed by atoms with E-state index >= 15 is 0 Å². The molecular formula is C10H9BO2. The summed E-state index contributed by atoms with van der Waals surface area (Å²) in [7, 11) is 0. The van der Waals surface area contributed by atoms with Crippen molar-refractivity contribution in [3.8, 4) is 5.75 Å². The molecule has 0 aromatic heterocycles. The third-order valence-corrected chi connectivity index (χ3v) is 1.67. The van der Waals surface area contributed by atoms with Gasteiger partial charge in [-0.1, -0.05) is 0 Å². The number of para-hydroxylation sites is 1. The van der Waals surface area contributed by atoms with Gasteiger partial charge in [-0.25, -0.2) is 0 Å². The van der Waals surface area contributed by atoms with Crippen molar-refractivity contribution in [3.63, 3.8) is 0 Å². The molecule has 0 fully saturated rings. The Morgan fingerprint density at radius 1 is 1.23 bits per heavy atom. The van der Waals surface area contributed by atoms with Crippen LogP contribution in [0.15, 0.2) is 42.6 Å². The van der Waals surface area contributed by atoms with Gasteiger partial charge in [0.15, 0.2) is 0 Å². The molecule has 2 rings (SSSR count). The summed E-state index contributed by atoms with van der Waals surface area (Å²) < 4.78 is 10.6. The van der Waals surface area contributed by atoms with E-state index in [4.69, 9.17) is 9.47 Å². The van der Waals surface area contributed by atoms with Crippen molar-refractivity contribution in [2.45, 2.75) is 0 Å². The monoisotopic (exact) mass is 172 g/mol. The molecule has 0 unspecified atom stereocenters. The van der Waals surface area contributed by atoms with Crippen molar-refractivity contribution >= 4 is 12.6 Å². The molecule has 0 amide bonds. The molecule has 2 nitrogen and oxygen atoms in total. The zero-order valence-corrected chi connectivity index (χ0v) is 7.14. The molecular weight excluding hydrogens is 163 g/mol. The topological polar surface area (TPSA) is 18.5 Å². The van der Waals surface area contributed by atoms with Crippen molar-refractivity contribution < 1.29 is 9.47 Å². The summed E-state index contributed by atoms with van der Waals surface area (Å²) in [6, 6.07) is 9.67. The second-order valence-corrected chi connectivity index (χ2v) is 2.69. The molecule has 0 radical (unpaired) electrons. The summed E-state index contributed by atoms with van der Waals surface area (Å²) >= 11 is 0. The Kier molecular flexibility index (Phi) is 2.46. The van der Waals surface area contributed by atoms with E-state index in [2.05, 4.69) is 0 Å². The number of hydrogen-bond acceptors (Lipinski definition) is 2. The summed E-state index contributed by atoms with van der Waals surface area (Å²) in [6.45, 7) is 2.40. The van der Waals surface area contributed by atoms with E-state index in [9.17, 15) is 0 Å². The van der Waals surface area contributed by atoms with Crippen molar-refractivity contribution in [3.05, 3.63) is 42.6 Å². The van der Waals surface area contributed by atoms with Crippen LogP contribution in [0.5, 0.6) is 5.75 Å². The molecule has 0 saturated carbocycles. The van der Waals surface area contributed by atoms with Crippen LogP contribution in [0, 0.1) is 0 Å². The van der Waals surface area contributed by atoms with Gasteiger partial charge in [0.1, 0.15) is 0 Å². The third kappa shape index (κ3) is 2.21. The fraction of sp³-hybridized carbons (Fsp3) is 0.100. The van der Waals surface area contributed by atoms with Gasteiger partial charge in [-0.3, -0.25) is 0 Å². The molecule has 1 aromatic carbocycles. The van der Waals surface area contributed by atoms with Crippen molar-refractivity contribution in [1.82, 2.24) is 0 Å². The average Bonchev–Trinajstić information content (AvgIpc) is 2.21. The van der Waals surface area contributed by atoms with Crippen LogP contribution in [0.4, 0.5) is 0 Å². The Hall–Kier alpha value is -1.51. The van der Waals surface area contributed by atoms with Crippen molar-refractivity contribution in [1.29, 1.82) is 0 Å². The first kappa shape index (κ1) is 8.11. The zero-order chi connectivity index (χ0) is 8.93. The summed E-state index contributed by atoms with van der Waals surface area (Å²) in [6.07, 6.45) is 1.65. The summed E-state index contributed by atoms with van der Waals surface area (Å²) in [5.74, 6) is 2.66.